The number of carbonyl (C=O) groups is 2. The second-order valence-electron chi connectivity index (χ2n) is 6.25. The van der Waals surface area contributed by atoms with Crippen LogP contribution in [0.15, 0.2) is 29.8 Å². The first kappa shape index (κ1) is 22.2. The maximum absolute atomic E-state index is 12.6. The molecule has 0 spiro atoms. The molecule has 152 valence electrons. The van der Waals surface area contributed by atoms with Crippen molar-refractivity contribution in [2.75, 3.05) is 18.5 Å². The summed E-state index contributed by atoms with van der Waals surface area (Å²) in [6.45, 7) is 8.28. The second-order valence-corrected chi connectivity index (χ2v) is 7.47. The summed E-state index contributed by atoms with van der Waals surface area (Å²) in [6.07, 6.45) is 2.41. The highest BCUT2D eigenvalue weighted by molar-refractivity contribution is 7.16. The fourth-order valence-electron chi connectivity index (χ4n) is 2.53. The molecular weight excluding hydrogens is 388 g/mol. The van der Waals surface area contributed by atoms with Gasteiger partial charge in [0.1, 0.15) is 22.4 Å². The van der Waals surface area contributed by atoms with Gasteiger partial charge in [-0.15, -0.1) is 11.3 Å². The van der Waals surface area contributed by atoms with Crippen molar-refractivity contribution in [1.82, 2.24) is 0 Å². The van der Waals surface area contributed by atoms with Gasteiger partial charge >= 0.3 is 5.97 Å². The molecule has 1 N–H and O–H groups in total. The van der Waals surface area contributed by atoms with Gasteiger partial charge in [-0.1, -0.05) is 19.1 Å². The van der Waals surface area contributed by atoms with Gasteiger partial charge in [-0.25, -0.2) is 4.79 Å². The number of ether oxygens (including phenoxy) is 2. The SMILES string of the molecule is CCCOc1ccc(/C=C(/C#N)C(=O)Nc2sc(C)c(C)c2C(=O)OCC)cc1. The smallest absolute Gasteiger partial charge is 0.341 e. The van der Waals surface area contributed by atoms with Crippen LogP contribution in [0.25, 0.3) is 6.08 Å². The van der Waals surface area contributed by atoms with Crippen molar-refractivity contribution in [1.29, 1.82) is 5.26 Å². The predicted octanol–water partition coefficient (Wildman–Crippen LogP) is 4.88. The number of amides is 1. The number of esters is 1. The average molecular weight is 413 g/mol. The summed E-state index contributed by atoms with van der Waals surface area (Å²) in [5, 5.41) is 12.5. The summed E-state index contributed by atoms with van der Waals surface area (Å²) in [7, 11) is 0. The molecule has 0 bridgehead atoms. The van der Waals surface area contributed by atoms with Gasteiger partial charge in [0.05, 0.1) is 18.8 Å². The molecule has 1 aromatic heterocycles. The van der Waals surface area contributed by atoms with E-state index in [9.17, 15) is 14.9 Å². The zero-order valence-corrected chi connectivity index (χ0v) is 17.8. The minimum Gasteiger partial charge on any atom is -0.494 e. The third-order valence-corrected chi connectivity index (χ3v) is 5.24. The molecule has 1 heterocycles. The molecule has 1 aromatic carbocycles. The summed E-state index contributed by atoms with van der Waals surface area (Å²) in [4.78, 5) is 25.8. The van der Waals surface area contributed by atoms with Crippen LogP contribution in [-0.2, 0) is 9.53 Å². The zero-order chi connectivity index (χ0) is 21.4. The Hall–Kier alpha value is -3.11. The van der Waals surface area contributed by atoms with E-state index in [0.29, 0.717) is 22.7 Å². The van der Waals surface area contributed by atoms with Crippen molar-refractivity contribution in [3.63, 3.8) is 0 Å². The Morgan fingerprint density at radius 2 is 1.90 bits per heavy atom. The Morgan fingerprint density at radius 3 is 2.48 bits per heavy atom. The molecule has 7 heteroatoms. The maximum Gasteiger partial charge on any atom is 0.341 e. The molecule has 29 heavy (non-hydrogen) atoms. The Morgan fingerprint density at radius 1 is 1.21 bits per heavy atom. The molecule has 0 unspecified atom stereocenters. The third kappa shape index (κ3) is 5.69. The van der Waals surface area contributed by atoms with Crippen LogP contribution in [0.1, 0.15) is 46.6 Å². The molecule has 0 atom stereocenters. The van der Waals surface area contributed by atoms with Crippen molar-refractivity contribution in [2.24, 2.45) is 0 Å². The van der Waals surface area contributed by atoms with Crippen LogP contribution in [0, 0.1) is 25.2 Å². The van der Waals surface area contributed by atoms with E-state index in [1.54, 1.807) is 38.1 Å². The molecule has 0 radical (unpaired) electrons. The van der Waals surface area contributed by atoms with E-state index < -0.39 is 11.9 Å². The van der Waals surface area contributed by atoms with Crippen LogP contribution in [0.2, 0.25) is 0 Å². The first-order valence-electron chi connectivity index (χ1n) is 9.34. The first-order chi connectivity index (χ1) is 13.9. The minimum atomic E-state index is -0.578. The number of anilines is 1. The van der Waals surface area contributed by atoms with E-state index >= 15 is 0 Å². The summed E-state index contributed by atoms with van der Waals surface area (Å²) in [6, 6.07) is 9.06. The minimum absolute atomic E-state index is 0.0641. The number of nitrogens with zero attached hydrogens (tertiary/aromatic N) is 1. The molecule has 2 rings (SSSR count). The highest BCUT2D eigenvalue weighted by Gasteiger charge is 2.23. The Balaban J connectivity index is 2.23. The van der Waals surface area contributed by atoms with E-state index in [1.807, 2.05) is 19.9 Å². The van der Waals surface area contributed by atoms with E-state index in [4.69, 9.17) is 9.47 Å². The fourth-order valence-corrected chi connectivity index (χ4v) is 3.57. The van der Waals surface area contributed by atoms with E-state index in [-0.39, 0.29) is 12.2 Å². The highest BCUT2D eigenvalue weighted by atomic mass is 32.1. The molecule has 0 fully saturated rings. The number of hydrogen-bond donors (Lipinski definition) is 1. The lowest BCUT2D eigenvalue weighted by molar-refractivity contribution is -0.112. The monoisotopic (exact) mass is 412 g/mol. The average Bonchev–Trinajstić information content (AvgIpc) is 2.98. The Bertz CT molecular complexity index is 952. The highest BCUT2D eigenvalue weighted by Crippen LogP contribution is 2.33. The molecule has 0 aliphatic carbocycles. The van der Waals surface area contributed by atoms with E-state index in [0.717, 1.165) is 22.6 Å². The summed E-state index contributed by atoms with van der Waals surface area (Å²) in [5.41, 5.74) is 1.72. The molecule has 6 nitrogen and oxygen atoms in total. The number of rotatable bonds is 8. The van der Waals surface area contributed by atoms with E-state index in [1.165, 1.54) is 17.4 Å². The first-order valence-corrected chi connectivity index (χ1v) is 10.2. The van der Waals surface area contributed by atoms with Gasteiger partial charge in [0.25, 0.3) is 5.91 Å². The zero-order valence-electron chi connectivity index (χ0n) is 17.0. The number of benzene rings is 1. The van der Waals surface area contributed by atoms with Gasteiger partial charge in [-0.2, -0.15) is 5.26 Å². The van der Waals surface area contributed by atoms with Crippen molar-refractivity contribution in [2.45, 2.75) is 34.1 Å². The van der Waals surface area contributed by atoms with Gasteiger partial charge in [0.15, 0.2) is 0 Å². The standard InChI is InChI=1S/C22H24N2O4S/c1-5-11-28-18-9-7-16(8-10-18)12-17(13-23)20(25)24-21-19(22(26)27-6-2)14(3)15(4)29-21/h7-10,12H,5-6,11H2,1-4H3,(H,24,25)/b17-12-. The number of nitriles is 1. The predicted molar refractivity (Wildman–Crippen MR) is 114 cm³/mol. The largest absolute Gasteiger partial charge is 0.494 e. The number of nitrogens with one attached hydrogen (secondary N) is 1. The lowest BCUT2D eigenvalue weighted by Crippen LogP contribution is -2.16. The number of aryl methyl sites for hydroxylation is 1. The normalized spacial score (nSPS) is 10.9. The molecule has 1 amide bonds. The summed E-state index contributed by atoms with van der Waals surface area (Å²) in [5.74, 6) is -0.337. The molecular formula is C22H24N2O4S. The molecule has 0 aliphatic rings. The number of thiophene rings is 1. The molecule has 2 aromatic rings. The summed E-state index contributed by atoms with van der Waals surface area (Å²) >= 11 is 1.28. The molecule has 0 aliphatic heterocycles. The number of carbonyl (C=O) groups excluding carboxylic acids is 2. The van der Waals surface area contributed by atoms with Crippen LogP contribution in [0.4, 0.5) is 5.00 Å². The lowest BCUT2D eigenvalue weighted by Gasteiger charge is -2.07. The lowest BCUT2D eigenvalue weighted by atomic mass is 10.1. The second kappa shape index (κ2) is 10.4. The van der Waals surface area contributed by atoms with E-state index in [2.05, 4.69) is 5.32 Å². The quantitative estimate of drug-likeness (QED) is 0.379. The number of hydrogen-bond acceptors (Lipinski definition) is 6. The van der Waals surface area contributed by atoms with Crippen LogP contribution in [0.3, 0.4) is 0 Å². The molecule has 0 saturated carbocycles. The van der Waals surface area contributed by atoms with Crippen LogP contribution < -0.4 is 10.1 Å². The van der Waals surface area contributed by atoms with Gasteiger partial charge in [-0.3, -0.25) is 4.79 Å². The van der Waals surface area contributed by atoms with Crippen molar-refractivity contribution in [3.8, 4) is 11.8 Å². The van der Waals surface area contributed by atoms with Crippen LogP contribution >= 0.6 is 11.3 Å². The van der Waals surface area contributed by atoms with Crippen LogP contribution in [-0.4, -0.2) is 25.1 Å². The fraction of sp³-hybridized carbons (Fsp3) is 0.318. The molecule has 0 saturated heterocycles. The topological polar surface area (TPSA) is 88.4 Å². The van der Waals surface area contributed by atoms with Crippen molar-refractivity contribution >= 4 is 34.3 Å². The maximum atomic E-state index is 12.6. The van der Waals surface area contributed by atoms with Gasteiger partial charge in [-0.05, 0) is 56.5 Å². The Kier molecular flexibility index (Phi) is 7.98. The third-order valence-electron chi connectivity index (χ3n) is 4.12. The Labute approximate surface area is 174 Å². The summed E-state index contributed by atoms with van der Waals surface area (Å²) < 4.78 is 10.6. The van der Waals surface area contributed by atoms with Crippen molar-refractivity contribution in [3.05, 3.63) is 51.4 Å². The van der Waals surface area contributed by atoms with Gasteiger partial charge in [0, 0.05) is 4.88 Å². The van der Waals surface area contributed by atoms with Crippen LogP contribution in [0.5, 0.6) is 5.75 Å². The van der Waals surface area contributed by atoms with Crippen molar-refractivity contribution < 1.29 is 19.1 Å². The van der Waals surface area contributed by atoms with Gasteiger partial charge in [0.2, 0.25) is 0 Å². The van der Waals surface area contributed by atoms with Gasteiger partial charge < -0.3 is 14.8 Å².